The molecule has 1 saturated heterocycles. The van der Waals surface area contributed by atoms with Crippen LogP contribution < -0.4 is 0 Å². The average molecular weight is 223 g/mol. The Morgan fingerprint density at radius 2 is 2.06 bits per heavy atom. The molecule has 1 aromatic rings. The normalized spacial score (nSPS) is 27.4. The standard InChI is InChI=1S/C11H17N3O2/c1-2-4-8(3-1)10-12-11(14-13-10)9-7-15-5-6-16-9/h8-9H,1-7H2,(H,12,13,14). The van der Waals surface area contributed by atoms with E-state index in [1.54, 1.807) is 0 Å². The van der Waals surface area contributed by atoms with Crippen molar-refractivity contribution >= 4 is 0 Å². The molecular formula is C11H17N3O2. The van der Waals surface area contributed by atoms with Gasteiger partial charge in [0.2, 0.25) is 0 Å². The summed E-state index contributed by atoms with van der Waals surface area (Å²) >= 11 is 0. The fraction of sp³-hybridized carbons (Fsp3) is 0.818. The molecule has 16 heavy (non-hydrogen) atoms. The van der Waals surface area contributed by atoms with Crippen molar-refractivity contribution in [3.8, 4) is 0 Å². The summed E-state index contributed by atoms with van der Waals surface area (Å²) in [5.74, 6) is 2.33. The van der Waals surface area contributed by atoms with Gasteiger partial charge < -0.3 is 9.47 Å². The van der Waals surface area contributed by atoms with Gasteiger partial charge >= 0.3 is 0 Å². The van der Waals surface area contributed by atoms with Crippen molar-refractivity contribution in [2.45, 2.75) is 37.7 Å². The molecule has 5 nitrogen and oxygen atoms in total. The van der Waals surface area contributed by atoms with Crippen LogP contribution in [0.15, 0.2) is 0 Å². The van der Waals surface area contributed by atoms with Crippen molar-refractivity contribution < 1.29 is 9.47 Å². The molecule has 1 aromatic heterocycles. The first-order chi connectivity index (χ1) is 7.93. The minimum Gasteiger partial charge on any atom is -0.376 e. The maximum Gasteiger partial charge on any atom is 0.156 e. The Morgan fingerprint density at radius 1 is 1.19 bits per heavy atom. The molecule has 1 unspecified atom stereocenters. The Balaban J connectivity index is 1.71. The lowest BCUT2D eigenvalue weighted by molar-refractivity contribution is -0.0934. The molecule has 2 heterocycles. The van der Waals surface area contributed by atoms with Crippen molar-refractivity contribution in [1.29, 1.82) is 0 Å². The molecule has 0 bridgehead atoms. The predicted octanol–water partition coefficient (Wildman–Crippen LogP) is 1.55. The van der Waals surface area contributed by atoms with Gasteiger partial charge in [0.15, 0.2) is 11.6 Å². The van der Waals surface area contributed by atoms with Crippen LogP contribution in [0.5, 0.6) is 0 Å². The number of rotatable bonds is 2. The third-order valence-corrected chi connectivity index (χ3v) is 3.36. The van der Waals surface area contributed by atoms with E-state index in [2.05, 4.69) is 15.2 Å². The zero-order valence-corrected chi connectivity index (χ0v) is 9.32. The maximum atomic E-state index is 5.58. The van der Waals surface area contributed by atoms with Crippen LogP contribution in [-0.2, 0) is 9.47 Å². The van der Waals surface area contributed by atoms with Crippen molar-refractivity contribution in [2.75, 3.05) is 19.8 Å². The van der Waals surface area contributed by atoms with Gasteiger partial charge in [-0.05, 0) is 12.8 Å². The highest BCUT2D eigenvalue weighted by Gasteiger charge is 2.25. The summed E-state index contributed by atoms with van der Waals surface area (Å²) < 4.78 is 10.9. The zero-order chi connectivity index (χ0) is 10.8. The number of aromatic amines is 1. The molecule has 3 rings (SSSR count). The van der Waals surface area contributed by atoms with E-state index in [9.17, 15) is 0 Å². The second kappa shape index (κ2) is 4.51. The molecule has 1 atom stereocenters. The van der Waals surface area contributed by atoms with Crippen LogP contribution in [0, 0.1) is 0 Å². The second-order valence-corrected chi connectivity index (χ2v) is 4.49. The molecule has 2 aliphatic rings. The van der Waals surface area contributed by atoms with Gasteiger partial charge in [0.25, 0.3) is 0 Å². The molecule has 0 radical (unpaired) electrons. The van der Waals surface area contributed by atoms with Crippen LogP contribution in [0.1, 0.15) is 49.4 Å². The van der Waals surface area contributed by atoms with Gasteiger partial charge in [-0.25, -0.2) is 4.98 Å². The predicted molar refractivity (Wildman–Crippen MR) is 57.1 cm³/mol. The number of H-pyrrole nitrogens is 1. The monoisotopic (exact) mass is 223 g/mol. The summed E-state index contributed by atoms with van der Waals surface area (Å²) in [5, 5.41) is 7.29. The van der Waals surface area contributed by atoms with E-state index in [0.29, 0.717) is 25.7 Å². The van der Waals surface area contributed by atoms with Gasteiger partial charge in [0.1, 0.15) is 6.10 Å². The Kier molecular flexibility index (Phi) is 2.88. The Bertz CT molecular complexity index is 341. The van der Waals surface area contributed by atoms with E-state index in [1.165, 1.54) is 25.7 Å². The smallest absolute Gasteiger partial charge is 0.156 e. The van der Waals surface area contributed by atoms with Crippen LogP contribution in [0.3, 0.4) is 0 Å². The average Bonchev–Trinajstić information content (AvgIpc) is 3.01. The molecule has 1 aliphatic heterocycles. The number of hydrogen-bond donors (Lipinski definition) is 1. The number of hydrogen-bond acceptors (Lipinski definition) is 4. The van der Waals surface area contributed by atoms with Gasteiger partial charge in [-0.15, -0.1) is 0 Å². The van der Waals surface area contributed by atoms with Crippen molar-refractivity contribution in [3.05, 3.63) is 11.6 Å². The van der Waals surface area contributed by atoms with Gasteiger partial charge in [-0.1, -0.05) is 12.8 Å². The maximum absolute atomic E-state index is 5.58. The molecule has 0 spiro atoms. The lowest BCUT2D eigenvalue weighted by atomic mass is 10.1. The number of nitrogens with zero attached hydrogens (tertiary/aromatic N) is 2. The quantitative estimate of drug-likeness (QED) is 0.826. The van der Waals surface area contributed by atoms with E-state index in [4.69, 9.17) is 9.47 Å². The van der Waals surface area contributed by atoms with E-state index in [-0.39, 0.29) is 6.10 Å². The highest BCUT2D eigenvalue weighted by atomic mass is 16.6. The van der Waals surface area contributed by atoms with Gasteiger partial charge in [0, 0.05) is 5.92 Å². The first-order valence-corrected chi connectivity index (χ1v) is 6.05. The lowest BCUT2D eigenvalue weighted by Crippen LogP contribution is -2.22. The second-order valence-electron chi connectivity index (χ2n) is 4.49. The minimum atomic E-state index is -0.0589. The summed E-state index contributed by atoms with van der Waals surface area (Å²) in [6.07, 6.45) is 4.99. The van der Waals surface area contributed by atoms with E-state index < -0.39 is 0 Å². The van der Waals surface area contributed by atoms with Crippen molar-refractivity contribution in [3.63, 3.8) is 0 Å². The number of nitrogens with one attached hydrogen (secondary N) is 1. The summed E-state index contributed by atoms with van der Waals surface area (Å²) in [6.45, 7) is 1.91. The van der Waals surface area contributed by atoms with E-state index in [0.717, 1.165) is 11.6 Å². The molecular weight excluding hydrogens is 206 g/mol. The molecule has 1 N–H and O–H groups in total. The third-order valence-electron chi connectivity index (χ3n) is 3.36. The zero-order valence-electron chi connectivity index (χ0n) is 9.32. The Labute approximate surface area is 94.5 Å². The van der Waals surface area contributed by atoms with Crippen LogP contribution in [0.25, 0.3) is 0 Å². The first-order valence-electron chi connectivity index (χ1n) is 6.05. The highest BCUT2D eigenvalue weighted by molar-refractivity contribution is 5.02. The van der Waals surface area contributed by atoms with E-state index in [1.807, 2.05) is 0 Å². The van der Waals surface area contributed by atoms with Gasteiger partial charge in [-0.3, -0.25) is 5.10 Å². The fourth-order valence-corrected chi connectivity index (χ4v) is 2.44. The minimum absolute atomic E-state index is 0.0589. The van der Waals surface area contributed by atoms with Crippen LogP contribution >= 0.6 is 0 Å². The largest absolute Gasteiger partial charge is 0.376 e. The molecule has 0 amide bonds. The summed E-state index contributed by atoms with van der Waals surface area (Å²) in [7, 11) is 0. The van der Waals surface area contributed by atoms with E-state index >= 15 is 0 Å². The topological polar surface area (TPSA) is 60.0 Å². The molecule has 2 fully saturated rings. The summed E-state index contributed by atoms with van der Waals surface area (Å²) in [5.41, 5.74) is 0. The Morgan fingerprint density at radius 3 is 2.81 bits per heavy atom. The SMILES string of the molecule is C1CCC(c2n[nH]c(C3COCCO3)n2)C1. The van der Waals surface area contributed by atoms with Crippen molar-refractivity contribution in [1.82, 2.24) is 15.2 Å². The number of aromatic nitrogens is 3. The first kappa shape index (κ1) is 10.2. The molecule has 1 saturated carbocycles. The Hall–Kier alpha value is -0.940. The molecule has 5 heteroatoms. The molecule has 88 valence electrons. The summed E-state index contributed by atoms with van der Waals surface area (Å²) in [6, 6.07) is 0. The highest BCUT2D eigenvalue weighted by Crippen LogP contribution is 2.32. The van der Waals surface area contributed by atoms with Gasteiger partial charge in [-0.2, -0.15) is 5.10 Å². The fourth-order valence-electron chi connectivity index (χ4n) is 2.44. The molecule has 0 aromatic carbocycles. The van der Waals surface area contributed by atoms with Crippen LogP contribution in [-0.4, -0.2) is 35.0 Å². The van der Waals surface area contributed by atoms with Crippen LogP contribution in [0.2, 0.25) is 0 Å². The van der Waals surface area contributed by atoms with Crippen molar-refractivity contribution in [2.24, 2.45) is 0 Å². The lowest BCUT2D eigenvalue weighted by Gasteiger charge is -2.20. The molecule has 1 aliphatic carbocycles. The number of ether oxygens (including phenoxy) is 2. The summed E-state index contributed by atoms with van der Waals surface area (Å²) in [4.78, 5) is 4.54. The third kappa shape index (κ3) is 1.97. The van der Waals surface area contributed by atoms with Crippen LogP contribution in [0.4, 0.5) is 0 Å². The van der Waals surface area contributed by atoms with Gasteiger partial charge in [0.05, 0.1) is 19.8 Å².